The molecule has 1 unspecified atom stereocenters. The van der Waals surface area contributed by atoms with Gasteiger partial charge in [-0.15, -0.1) is 0 Å². The van der Waals surface area contributed by atoms with Gasteiger partial charge in [-0.25, -0.2) is 4.68 Å². The summed E-state index contributed by atoms with van der Waals surface area (Å²) in [5.74, 6) is 0. The summed E-state index contributed by atoms with van der Waals surface area (Å²) in [5, 5.41) is 4.35. The maximum Gasteiger partial charge on any atom is 0.0649 e. The number of nitrogens with two attached hydrogens (primary N) is 1. The van der Waals surface area contributed by atoms with Gasteiger partial charge in [0.2, 0.25) is 0 Å². The number of aromatic nitrogens is 2. The molecule has 0 amide bonds. The van der Waals surface area contributed by atoms with Crippen LogP contribution in [-0.2, 0) is 0 Å². The molecule has 3 nitrogen and oxygen atoms in total. The number of rotatable bonds is 5. The summed E-state index contributed by atoms with van der Waals surface area (Å²) in [7, 11) is 0. The van der Waals surface area contributed by atoms with E-state index in [0.29, 0.717) is 0 Å². The first-order chi connectivity index (χ1) is 8.33. The third-order valence-electron chi connectivity index (χ3n) is 2.92. The number of hydrogen-bond acceptors (Lipinski definition) is 2. The molecular formula is C14H19N3. The SMILES string of the molecule is CCCCC(N)c1ccnn1-c1ccccc1. The average Bonchev–Trinajstić information content (AvgIpc) is 2.86. The normalized spacial score (nSPS) is 12.6. The second-order valence-electron chi connectivity index (χ2n) is 4.25. The molecule has 2 aromatic rings. The van der Waals surface area contributed by atoms with Gasteiger partial charge in [-0.05, 0) is 24.6 Å². The van der Waals surface area contributed by atoms with Crippen LogP contribution in [0.4, 0.5) is 0 Å². The zero-order valence-electron chi connectivity index (χ0n) is 10.2. The summed E-state index contributed by atoms with van der Waals surface area (Å²) in [5.41, 5.74) is 8.36. The highest BCUT2D eigenvalue weighted by molar-refractivity contribution is 5.32. The monoisotopic (exact) mass is 229 g/mol. The number of nitrogens with zero attached hydrogens (tertiary/aromatic N) is 2. The molecule has 1 aromatic carbocycles. The first-order valence-corrected chi connectivity index (χ1v) is 6.18. The third-order valence-corrected chi connectivity index (χ3v) is 2.92. The zero-order chi connectivity index (χ0) is 12.1. The van der Waals surface area contributed by atoms with Crippen LogP contribution in [0.2, 0.25) is 0 Å². The van der Waals surface area contributed by atoms with E-state index in [-0.39, 0.29) is 6.04 Å². The lowest BCUT2D eigenvalue weighted by molar-refractivity contribution is 0.572. The molecule has 1 heterocycles. The lowest BCUT2D eigenvalue weighted by Gasteiger charge is -2.13. The van der Waals surface area contributed by atoms with E-state index in [1.165, 1.54) is 6.42 Å². The molecule has 0 aliphatic rings. The molecule has 0 fully saturated rings. The maximum absolute atomic E-state index is 6.20. The Kier molecular flexibility index (Phi) is 3.94. The molecule has 3 heteroatoms. The number of para-hydroxylation sites is 1. The minimum absolute atomic E-state index is 0.0673. The van der Waals surface area contributed by atoms with Crippen LogP contribution in [0.5, 0.6) is 0 Å². The van der Waals surface area contributed by atoms with E-state index in [1.54, 1.807) is 0 Å². The van der Waals surface area contributed by atoms with E-state index < -0.39 is 0 Å². The Hall–Kier alpha value is -1.61. The van der Waals surface area contributed by atoms with Crippen molar-refractivity contribution in [3.8, 4) is 5.69 Å². The van der Waals surface area contributed by atoms with E-state index in [0.717, 1.165) is 24.2 Å². The van der Waals surface area contributed by atoms with Crippen molar-refractivity contribution in [1.29, 1.82) is 0 Å². The summed E-state index contributed by atoms with van der Waals surface area (Å²) in [6.07, 6.45) is 5.15. The van der Waals surface area contributed by atoms with Crippen molar-refractivity contribution in [3.63, 3.8) is 0 Å². The Balaban J connectivity index is 2.23. The number of unbranched alkanes of at least 4 members (excludes halogenated alkanes) is 1. The van der Waals surface area contributed by atoms with Crippen molar-refractivity contribution in [2.24, 2.45) is 5.73 Å². The van der Waals surface area contributed by atoms with E-state index in [2.05, 4.69) is 12.0 Å². The van der Waals surface area contributed by atoms with Crippen LogP contribution in [0.3, 0.4) is 0 Å². The Morgan fingerprint density at radius 3 is 2.71 bits per heavy atom. The molecule has 2 rings (SSSR count). The van der Waals surface area contributed by atoms with Crippen LogP contribution >= 0.6 is 0 Å². The summed E-state index contributed by atoms with van der Waals surface area (Å²) >= 11 is 0. The van der Waals surface area contributed by atoms with Crippen molar-refractivity contribution in [1.82, 2.24) is 9.78 Å². The number of hydrogen-bond donors (Lipinski definition) is 1. The van der Waals surface area contributed by atoms with Gasteiger partial charge in [0.05, 0.1) is 11.4 Å². The number of benzene rings is 1. The summed E-state index contributed by atoms with van der Waals surface area (Å²) in [6.45, 7) is 2.18. The molecule has 0 aliphatic carbocycles. The van der Waals surface area contributed by atoms with Crippen molar-refractivity contribution in [2.45, 2.75) is 32.2 Å². The van der Waals surface area contributed by atoms with E-state index >= 15 is 0 Å². The molecule has 0 saturated heterocycles. The van der Waals surface area contributed by atoms with Crippen LogP contribution in [0.1, 0.15) is 37.9 Å². The fourth-order valence-electron chi connectivity index (χ4n) is 1.95. The summed E-state index contributed by atoms with van der Waals surface area (Å²) < 4.78 is 1.93. The molecular weight excluding hydrogens is 210 g/mol. The molecule has 0 aliphatic heterocycles. The van der Waals surface area contributed by atoms with Gasteiger partial charge in [-0.3, -0.25) is 0 Å². The minimum Gasteiger partial charge on any atom is -0.323 e. The Morgan fingerprint density at radius 1 is 1.24 bits per heavy atom. The third kappa shape index (κ3) is 2.74. The van der Waals surface area contributed by atoms with E-state index in [1.807, 2.05) is 47.3 Å². The van der Waals surface area contributed by atoms with Crippen LogP contribution < -0.4 is 5.73 Å². The van der Waals surface area contributed by atoms with Gasteiger partial charge < -0.3 is 5.73 Å². The van der Waals surface area contributed by atoms with E-state index in [4.69, 9.17) is 5.73 Å². The Labute approximate surface area is 102 Å². The highest BCUT2D eigenvalue weighted by atomic mass is 15.3. The standard InChI is InChI=1S/C14H19N3/c1-2-3-9-13(15)14-10-11-16-17(14)12-7-5-4-6-8-12/h4-8,10-11,13H,2-3,9,15H2,1H3. The topological polar surface area (TPSA) is 43.8 Å². The Morgan fingerprint density at radius 2 is 2.00 bits per heavy atom. The molecule has 0 radical (unpaired) electrons. The largest absolute Gasteiger partial charge is 0.323 e. The fourth-order valence-corrected chi connectivity index (χ4v) is 1.95. The second kappa shape index (κ2) is 5.64. The van der Waals surface area contributed by atoms with Crippen LogP contribution in [0, 0.1) is 0 Å². The summed E-state index contributed by atoms with van der Waals surface area (Å²) in [4.78, 5) is 0. The van der Waals surface area contributed by atoms with Gasteiger partial charge in [-0.2, -0.15) is 5.10 Å². The lowest BCUT2D eigenvalue weighted by atomic mass is 10.1. The molecule has 1 atom stereocenters. The van der Waals surface area contributed by atoms with Gasteiger partial charge in [0, 0.05) is 12.2 Å². The molecule has 1 aromatic heterocycles. The van der Waals surface area contributed by atoms with Crippen molar-refractivity contribution >= 4 is 0 Å². The van der Waals surface area contributed by atoms with Gasteiger partial charge in [0.25, 0.3) is 0 Å². The highest BCUT2D eigenvalue weighted by Crippen LogP contribution is 2.19. The molecule has 90 valence electrons. The predicted molar refractivity (Wildman–Crippen MR) is 70.0 cm³/mol. The van der Waals surface area contributed by atoms with Crippen LogP contribution in [0.25, 0.3) is 5.69 Å². The van der Waals surface area contributed by atoms with Gasteiger partial charge in [0.1, 0.15) is 0 Å². The van der Waals surface area contributed by atoms with E-state index in [9.17, 15) is 0 Å². The summed E-state index contributed by atoms with van der Waals surface area (Å²) in [6, 6.07) is 12.2. The second-order valence-corrected chi connectivity index (χ2v) is 4.25. The highest BCUT2D eigenvalue weighted by Gasteiger charge is 2.12. The van der Waals surface area contributed by atoms with Crippen molar-refractivity contribution in [3.05, 3.63) is 48.3 Å². The van der Waals surface area contributed by atoms with Crippen molar-refractivity contribution in [2.75, 3.05) is 0 Å². The predicted octanol–water partition coefficient (Wildman–Crippen LogP) is 3.06. The molecule has 0 saturated carbocycles. The Bertz CT molecular complexity index is 448. The van der Waals surface area contributed by atoms with Crippen LogP contribution in [-0.4, -0.2) is 9.78 Å². The molecule has 17 heavy (non-hydrogen) atoms. The first kappa shape index (κ1) is 11.9. The van der Waals surface area contributed by atoms with Gasteiger partial charge in [0.15, 0.2) is 0 Å². The quantitative estimate of drug-likeness (QED) is 0.856. The minimum atomic E-state index is 0.0673. The van der Waals surface area contributed by atoms with Gasteiger partial charge >= 0.3 is 0 Å². The lowest BCUT2D eigenvalue weighted by Crippen LogP contribution is -2.15. The first-order valence-electron chi connectivity index (χ1n) is 6.18. The molecule has 0 bridgehead atoms. The average molecular weight is 229 g/mol. The molecule has 0 spiro atoms. The fraction of sp³-hybridized carbons (Fsp3) is 0.357. The maximum atomic E-state index is 6.20. The van der Waals surface area contributed by atoms with Crippen molar-refractivity contribution < 1.29 is 0 Å². The zero-order valence-corrected chi connectivity index (χ0v) is 10.2. The van der Waals surface area contributed by atoms with Crippen LogP contribution in [0.15, 0.2) is 42.6 Å². The van der Waals surface area contributed by atoms with Gasteiger partial charge in [-0.1, -0.05) is 38.0 Å². The smallest absolute Gasteiger partial charge is 0.0649 e. The molecule has 2 N–H and O–H groups in total.